The minimum atomic E-state index is -1.05. The van der Waals surface area contributed by atoms with Crippen LogP contribution in [0, 0.1) is 40.9 Å². The Morgan fingerprint density at radius 1 is 0.983 bits per heavy atom. The van der Waals surface area contributed by atoms with Gasteiger partial charge >= 0.3 is 0 Å². The number of aliphatic hydroxyl groups is 5. The molecule has 3 aliphatic carbocycles. The van der Waals surface area contributed by atoms with Gasteiger partial charge in [0.15, 0.2) is 0 Å². The van der Waals surface area contributed by atoms with E-state index in [1.54, 1.807) is 14.0 Å². The molecule has 15 heteroatoms. The molecule has 0 bridgehead atoms. The Labute approximate surface area is 345 Å². The van der Waals surface area contributed by atoms with Crippen molar-refractivity contribution >= 4 is 5.97 Å². The summed E-state index contributed by atoms with van der Waals surface area (Å²) in [6.07, 6.45) is 8.56. The number of methoxy groups -OCH3 is 1. The van der Waals surface area contributed by atoms with Gasteiger partial charge in [-0.3, -0.25) is 11.1 Å². The van der Waals surface area contributed by atoms with E-state index in [9.17, 15) is 35.4 Å². The van der Waals surface area contributed by atoms with Crippen molar-refractivity contribution < 1.29 is 65.0 Å². The second kappa shape index (κ2) is 21.2. The van der Waals surface area contributed by atoms with E-state index >= 15 is 0 Å². The lowest BCUT2D eigenvalue weighted by Crippen LogP contribution is -3.01. The number of allylic oxidation sites excluding steroid dienone is 1. The minimum absolute atomic E-state index is 0.00848. The Kier molecular flexibility index (Phi) is 16.9. The molecule has 334 valence electrons. The number of carbonyl (C=O) groups excluding carboxylic acids is 1. The van der Waals surface area contributed by atoms with Crippen LogP contribution in [0.15, 0.2) is 12.2 Å². The summed E-state index contributed by atoms with van der Waals surface area (Å²) in [5.41, 5.74) is 5.83. The zero-order chi connectivity index (χ0) is 41.6. The van der Waals surface area contributed by atoms with Crippen LogP contribution >= 0.6 is 0 Å². The van der Waals surface area contributed by atoms with E-state index in [1.165, 1.54) is 0 Å². The van der Waals surface area contributed by atoms with Crippen LogP contribution in [0.2, 0.25) is 0 Å². The molecule has 0 aromatic rings. The first-order valence-corrected chi connectivity index (χ1v) is 22.6. The zero-order valence-electron chi connectivity index (χ0n) is 35.2. The molecule has 15 nitrogen and oxygen atoms in total. The molecular formula is C43H77N4O11+. The normalized spacial score (nSPS) is 45.4. The van der Waals surface area contributed by atoms with Gasteiger partial charge in [0.2, 0.25) is 0 Å². The van der Waals surface area contributed by atoms with Gasteiger partial charge in [0.05, 0.1) is 74.8 Å². The van der Waals surface area contributed by atoms with Crippen molar-refractivity contribution in [3.05, 3.63) is 12.2 Å². The van der Waals surface area contributed by atoms with E-state index in [0.29, 0.717) is 44.6 Å². The minimum Gasteiger partial charge on any atom is -0.549 e. The number of nitrogens with two attached hydrogens (primary N) is 3. The number of aliphatic hydroxyl groups excluding tert-OH is 5. The maximum Gasteiger partial charge on any atom is 0.137 e. The second-order valence-electron chi connectivity index (χ2n) is 19.2. The highest BCUT2D eigenvalue weighted by atomic mass is 16.5. The summed E-state index contributed by atoms with van der Waals surface area (Å²) in [5, 5.41) is 73.8. The molecule has 0 aromatic heterocycles. The monoisotopic (exact) mass is 826 g/mol. The summed E-state index contributed by atoms with van der Waals surface area (Å²) in [4.78, 5) is 12.8. The van der Waals surface area contributed by atoms with E-state index in [1.807, 2.05) is 6.08 Å². The van der Waals surface area contributed by atoms with E-state index in [0.717, 1.165) is 57.9 Å². The molecule has 5 fully saturated rings. The summed E-state index contributed by atoms with van der Waals surface area (Å²) in [7, 11) is 1.59. The Morgan fingerprint density at radius 2 is 1.78 bits per heavy atom. The van der Waals surface area contributed by atoms with Gasteiger partial charge < -0.3 is 65.0 Å². The quantitative estimate of drug-likeness (QED) is 0.0432. The average molecular weight is 826 g/mol. The second-order valence-corrected chi connectivity index (χ2v) is 19.2. The fraction of sp³-hybridized carbons (Fsp3) is 0.930. The molecule has 6 rings (SSSR count). The van der Waals surface area contributed by atoms with Crippen LogP contribution in [0.4, 0.5) is 0 Å². The van der Waals surface area contributed by atoms with Crippen LogP contribution < -0.4 is 26.8 Å². The Bertz CT molecular complexity index is 1310. The summed E-state index contributed by atoms with van der Waals surface area (Å²) in [5.74, 6) is -1.57. The SMILES string of the molecule is COC1CC(C2OC(CCC3CCC(O)C(OCNCC(C)O)C3)CC(O)C2CCO)CC(OCC2[NH2+]C(C)CCC23C(C(=O)[O-])C=CC3C2CC[NH2+]C(N)C2)C1O. The van der Waals surface area contributed by atoms with Gasteiger partial charge in [-0.15, -0.1) is 0 Å². The third-order valence-electron chi connectivity index (χ3n) is 15.3. The molecule has 3 saturated heterocycles. The number of aliphatic carboxylic acids is 1. The fourth-order valence-corrected chi connectivity index (χ4v) is 12.2. The number of hydrogen-bond donors (Lipinski definition) is 9. The third-order valence-corrected chi connectivity index (χ3v) is 15.3. The number of rotatable bonds is 17. The highest BCUT2D eigenvalue weighted by Crippen LogP contribution is 2.54. The van der Waals surface area contributed by atoms with Crippen LogP contribution in [-0.4, -0.2) is 145 Å². The smallest absolute Gasteiger partial charge is 0.137 e. The lowest BCUT2D eigenvalue weighted by atomic mass is 9.57. The van der Waals surface area contributed by atoms with Crippen molar-refractivity contribution in [1.29, 1.82) is 0 Å². The number of hydrogen-bond acceptors (Lipinski definition) is 13. The van der Waals surface area contributed by atoms with Crippen molar-refractivity contribution in [2.75, 3.05) is 40.1 Å². The molecule has 19 unspecified atom stereocenters. The van der Waals surface area contributed by atoms with Gasteiger partial charge in [-0.05, 0) is 108 Å². The Balaban J connectivity index is 1.13. The summed E-state index contributed by atoms with van der Waals surface area (Å²) in [6.45, 7) is 5.66. The molecule has 0 amide bonds. The Morgan fingerprint density at radius 3 is 2.50 bits per heavy atom. The van der Waals surface area contributed by atoms with E-state index < -0.39 is 53.9 Å². The molecule has 3 aliphatic heterocycles. The number of carboxylic acids is 1. The molecular weight excluding hydrogens is 748 g/mol. The van der Waals surface area contributed by atoms with Gasteiger partial charge in [0, 0.05) is 56.3 Å². The molecule has 3 heterocycles. The van der Waals surface area contributed by atoms with Crippen molar-refractivity contribution in [3.63, 3.8) is 0 Å². The number of ether oxygens (including phenoxy) is 4. The molecule has 0 radical (unpaired) electrons. The Hall–Kier alpha value is -1.31. The lowest BCUT2D eigenvalue weighted by molar-refractivity contribution is -0.746. The van der Waals surface area contributed by atoms with Crippen molar-refractivity contribution in [1.82, 2.24) is 5.32 Å². The first kappa shape index (κ1) is 46.2. The third kappa shape index (κ3) is 10.8. The highest BCUT2D eigenvalue weighted by Gasteiger charge is 2.59. The standard InChI is InChI=1S/C43H76N4O11/c1-24-10-13-43(31(7-8-32(43)42(53)54)27-11-14-46-39(44)19-27)38(47-24)22-56-37-18-28(17-36(55-3)40(37)52)41-30(12-15-48)34(51)20-29(58-41)6-4-26-5-9-33(50)35(16-26)57-23-45-21-25(2)49/h7-8,24-41,45-52H,4-6,9-23,44H2,1-3H3,(H,53,54)/p+1. The van der Waals surface area contributed by atoms with Gasteiger partial charge in [0.25, 0.3) is 0 Å². The van der Waals surface area contributed by atoms with Gasteiger partial charge in [-0.25, -0.2) is 0 Å². The molecule has 19 atom stereocenters. The van der Waals surface area contributed by atoms with E-state index in [4.69, 9.17) is 24.7 Å². The first-order valence-electron chi connectivity index (χ1n) is 22.6. The van der Waals surface area contributed by atoms with Gasteiger partial charge in [-0.1, -0.05) is 12.2 Å². The predicted molar refractivity (Wildman–Crippen MR) is 211 cm³/mol. The van der Waals surface area contributed by atoms with Gasteiger partial charge in [0.1, 0.15) is 18.3 Å². The summed E-state index contributed by atoms with van der Waals surface area (Å²) < 4.78 is 25.6. The largest absolute Gasteiger partial charge is 0.549 e. The molecule has 58 heavy (non-hydrogen) atoms. The summed E-state index contributed by atoms with van der Waals surface area (Å²) in [6, 6.07) is 0.101. The maximum absolute atomic E-state index is 12.8. The van der Waals surface area contributed by atoms with Crippen LogP contribution in [0.3, 0.4) is 0 Å². The van der Waals surface area contributed by atoms with E-state index in [-0.39, 0.29) is 80.2 Å². The first-order chi connectivity index (χ1) is 27.8. The maximum atomic E-state index is 12.8. The molecule has 6 aliphatic rings. The fourth-order valence-electron chi connectivity index (χ4n) is 12.2. The van der Waals surface area contributed by atoms with Crippen molar-refractivity contribution in [2.45, 2.75) is 171 Å². The van der Waals surface area contributed by atoms with Crippen LogP contribution in [0.5, 0.6) is 0 Å². The number of carbonyl (C=O) groups is 1. The molecule has 12 N–H and O–H groups in total. The van der Waals surface area contributed by atoms with E-state index in [2.05, 4.69) is 29.0 Å². The topological polar surface area (TPSA) is 249 Å². The number of quaternary nitrogens is 2. The van der Waals surface area contributed by atoms with Crippen LogP contribution in [0.1, 0.15) is 97.3 Å². The number of carboxylic acid groups (broad SMARTS) is 1. The number of nitrogens with one attached hydrogen (secondary N) is 1. The van der Waals surface area contributed by atoms with Gasteiger partial charge in [-0.2, -0.15) is 0 Å². The van der Waals surface area contributed by atoms with Crippen molar-refractivity contribution in [3.8, 4) is 0 Å². The molecule has 1 spiro atoms. The lowest BCUT2D eigenvalue weighted by Gasteiger charge is -2.52. The zero-order valence-corrected chi connectivity index (χ0v) is 35.2. The number of piperidine rings is 2. The van der Waals surface area contributed by atoms with Crippen LogP contribution in [-0.2, 0) is 23.7 Å². The highest BCUT2D eigenvalue weighted by molar-refractivity contribution is 5.72. The van der Waals surface area contributed by atoms with Crippen molar-refractivity contribution in [2.24, 2.45) is 46.7 Å². The van der Waals surface area contributed by atoms with Crippen LogP contribution in [0.25, 0.3) is 0 Å². The predicted octanol–water partition coefficient (Wildman–Crippen LogP) is -2.16. The average Bonchev–Trinajstić information content (AvgIpc) is 3.58. The molecule has 0 aromatic carbocycles. The summed E-state index contributed by atoms with van der Waals surface area (Å²) >= 11 is 0. The molecule has 2 saturated carbocycles.